The van der Waals surface area contributed by atoms with E-state index in [0.717, 1.165) is 21.9 Å². The minimum atomic E-state index is 0.255. The summed E-state index contributed by atoms with van der Waals surface area (Å²) < 4.78 is 11.4. The van der Waals surface area contributed by atoms with Gasteiger partial charge >= 0.3 is 0 Å². The number of rotatable bonds is 4. The molecular weight excluding hydrogens is 332 g/mol. The normalized spacial score (nSPS) is 35.5. The van der Waals surface area contributed by atoms with Crippen LogP contribution in [0.1, 0.15) is 29.6 Å². The number of benzene rings is 1. The summed E-state index contributed by atoms with van der Waals surface area (Å²) in [5, 5.41) is 0. The molecule has 0 spiro atoms. The molecule has 21 heavy (non-hydrogen) atoms. The minimum Gasteiger partial charge on any atom is -0.493 e. The molecule has 0 amide bonds. The van der Waals surface area contributed by atoms with Crippen molar-refractivity contribution in [1.29, 1.82) is 0 Å². The molecule has 1 aromatic rings. The summed E-state index contributed by atoms with van der Waals surface area (Å²) in [6, 6.07) is 3.65. The SMILES string of the molecule is COc1cc(Br)c(C(=O)C2C3C4CCC(C4)C23)cc1OC. The van der Waals surface area contributed by atoms with E-state index in [1.807, 2.05) is 12.1 Å². The van der Waals surface area contributed by atoms with Crippen molar-refractivity contribution in [3.8, 4) is 11.5 Å². The van der Waals surface area contributed by atoms with Gasteiger partial charge in [-0.2, -0.15) is 0 Å². The molecule has 0 radical (unpaired) electrons. The third-order valence-corrected chi connectivity index (χ3v) is 6.43. The fraction of sp³-hybridized carbons (Fsp3) is 0.588. The maximum Gasteiger partial charge on any atom is 0.167 e. The molecule has 3 fully saturated rings. The number of Topliss-reactive ketones (excluding diaryl/α,β-unsaturated/α-hetero) is 1. The summed E-state index contributed by atoms with van der Waals surface area (Å²) >= 11 is 3.52. The Morgan fingerprint density at radius 2 is 1.67 bits per heavy atom. The molecule has 0 heterocycles. The zero-order valence-electron chi connectivity index (χ0n) is 12.3. The summed E-state index contributed by atoms with van der Waals surface area (Å²) in [5.74, 6) is 4.77. The van der Waals surface area contributed by atoms with Crippen molar-refractivity contribution in [2.75, 3.05) is 14.2 Å². The average molecular weight is 351 g/mol. The number of carbonyl (C=O) groups is 1. The number of hydrogen-bond donors (Lipinski definition) is 0. The van der Waals surface area contributed by atoms with Gasteiger partial charge in [-0.3, -0.25) is 4.79 Å². The zero-order chi connectivity index (χ0) is 14.7. The Labute approximate surface area is 133 Å². The zero-order valence-corrected chi connectivity index (χ0v) is 13.9. The van der Waals surface area contributed by atoms with Crippen LogP contribution in [0, 0.1) is 29.6 Å². The van der Waals surface area contributed by atoms with Crippen LogP contribution in [0.5, 0.6) is 11.5 Å². The highest BCUT2D eigenvalue weighted by atomic mass is 79.9. The predicted octanol–water partition coefficient (Wildman–Crippen LogP) is 3.94. The van der Waals surface area contributed by atoms with E-state index in [1.54, 1.807) is 14.2 Å². The van der Waals surface area contributed by atoms with Crippen LogP contribution in [0.3, 0.4) is 0 Å². The number of carbonyl (C=O) groups excluding carboxylic acids is 1. The molecule has 0 saturated heterocycles. The monoisotopic (exact) mass is 350 g/mol. The van der Waals surface area contributed by atoms with Gasteiger partial charge in [-0.25, -0.2) is 0 Å². The van der Waals surface area contributed by atoms with Gasteiger partial charge < -0.3 is 9.47 Å². The molecule has 3 saturated carbocycles. The molecule has 112 valence electrons. The van der Waals surface area contributed by atoms with E-state index in [9.17, 15) is 4.79 Å². The first-order valence-corrected chi connectivity index (χ1v) is 8.40. The Morgan fingerprint density at radius 3 is 2.24 bits per heavy atom. The Balaban J connectivity index is 1.64. The number of methoxy groups -OCH3 is 2. The third-order valence-electron chi connectivity index (χ3n) is 5.78. The Morgan fingerprint density at radius 1 is 1.10 bits per heavy atom. The van der Waals surface area contributed by atoms with Crippen LogP contribution in [0.15, 0.2) is 16.6 Å². The first-order chi connectivity index (χ1) is 10.2. The summed E-state index contributed by atoms with van der Waals surface area (Å²) in [6.07, 6.45) is 4.04. The molecule has 0 aliphatic heterocycles. The molecule has 0 aromatic heterocycles. The lowest BCUT2D eigenvalue weighted by molar-refractivity contribution is 0.0943. The van der Waals surface area contributed by atoms with Crippen molar-refractivity contribution in [2.45, 2.75) is 19.3 Å². The van der Waals surface area contributed by atoms with E-state index in [4.69, 9.17) is 9.47 Å². The van der Waals surface area contributed by atoms with E-state index in [1.165, 1.54) is 19.3 Å². The Hall–Kier alpha value is -1.03. The van der Waals surface area contributed by atoms with Gasteiger partial charge in [0, 0.05) is 16.0 Å². The third kappa shape index (κ3) is 1.88. The van der Waals surface area contributed by atoms with Gasteiger partial charge in [0.1, 0.15) is 0 Å². The number of hydrogen-bond acceptors (Lipinski definition) is 3. The van der Waals surface area contributed by atoms with E-state index in [-0.39, 0.29) is 11.7 Å². The second kappa shape index (κ2) is 4.73. The summed E-state index contributed by atoms with van der Waals surface area (Å²) in [7, 11) is 3.21. The number of ether oxygens (including phenoxy) is 2. The maximum atomic E-state index is 12.9. The van der Waals surface area contributed by atoms with Crippen LogP contribution in [-0.2, 0) is 0 Å². The quantitative estimate of drug-likeness (QED) is 0.771. The summed E-state index contributed by atoms with van der Waals surface area (Å²) in [4.78, 5) is 12.9. The highest BCUT2D eigenvalue weighted by Gasteiger charge is 2.67. The van der Waals surface area contributed by atoms with Gasteiger partial charge in [0.2, 0.25) is 0 Å². The van der Waals surface area contributed by atoms with Gasteiger partial charge in [0.25, 0.3) is 0 Å². The molecular formula is C17H19BrO3. The summed E-state index contributed by atoms with van der Waals surface area (Å²) in [6.45, 7) is 0. The van der Waals surface area contributed by atoms with Gasteiger partial charge in [-0.15, -0.1) is 0 Å². The smallest absolute Gasteiger partial charge is 0.167 e. The van der Waals surface area contributed by atoms with Crippen molar-refractivity contribution in [3.63, 3.8) is 0 Å². The van der Waals surface area contributed by atoms with Crippen LogP contribution in [0.4, 0.5) is 0 Å². The van der Waals surface area contributed by atoms with Crippen molar-refractivity contribution < 1.29 is 14.3 Å². The Bertz CT molecular complexity index is 596. The van der Waals surface area contributed by atoms with E-state index >= 15 is 0 Å². The van der Waals surface area contributed by atoms with Gasteiger partial charge in [-0.1, -0.05) is 0 Å². The van der Waals surface area contributed by atoms with Crippen molar-refractivity contribution >= 4 is 21.7 Å². The molecule has 3 aliphatic rings. The largest absolute Gasteiger partial charge is 0.493 e. The number of ketones is 1. The first kappa shape index (κ1) is 13.6. The molecule has 3 nitrogen and oxygen atoms in total. The maximum absolute atomic E-state index is 12.9. The van der Waals surface area contributed by atoms with Crippen LogP contribution < -0.4 is 9.47 Å². The molecule has 4 rings (SSSR count). The van der Waals surface area contributed by atoms with Gasteiger partial charge in [0.05, 0.1) is 14.2 Å². The summed E-state index contributed by atoms with van der Waals surface area (Å²) in [5.41, 5.74) is 0.742. The fourth-order valence-corrected chi connectivity index (χ4v) is 5.42. The van der Waals surface area contributed by atoms with Crippen molar-refractivity contribution in [1.82, 2.24) is 0 Å². The standard InChI is InChI=1S/C17H19BrO3/c1-20-12-6-10(11(18)7-13(12)21-2)17(19)16-14-8-3-4-9(5-8)15(14)16/h6-9,14-16H,3-5H2,1-2H3. The highest BCUT2D eigenvalue weighted by molar-refractivity contribution is 9.10. The van der Waals surface area contributed by atoms with E-state index in [0.29, 0.717) is 23.3 Å². The first-order valence-electron chi connectivity index (χ1n) is 7.61. The number of halogens is 1. The second-order valence-corrected chi connectivity index (χ2v) is 7.42. The Kier molecular flexibility index (Phi) is 3.07. The predicted molar refractivity (Wildman–Crippen MR) is 82.9 cm³/mol. The topological polar surface area (TPSA) is 35.5 Å². The molecule has 3 aliphatic carbocycles. The minimum absolute atomic E-state index is 0.255. The van der Waals surface area contributed by atoms with Crippen molar-refractivity contribution in [3.05, 3.63) is 22.2 Å². The molecule has 4 unspecified atom stereocenters. The van der Waals surface area contributed by atoms with Crippen molar-refractivity contribution in [2.24, 2.45) is 29.6 Å². The average Bonchev–Trinajstić information content (AvgIpc) is 2.93. The van der Waals surface area contributed by atoms with Crippen LogP contribution >= 0.6 is 15.9 Å². The lowest BCUT2D eigenvalue weighted by atomic mass is 9.96. The van der Waals surface area contributed by atoms with Gasteiger partial charge in [-0.05, 0) is 71.0 Å². The molecule has 4 heteroatoms. The fourth-order valence-electron chi connectivity index (χ4n) is 4.90. The molecule has 4 atom stereocenters. The van der Waals surface area contributed by atoms with Gasteiger partial charge in [0.15, 0.2) is 17.3 Å². The highest BCUT2D eigenvalue weighted by Crippen LogP contribution is 2.70. The second-order valence-electron chi connectivity index (χ2n) is 6.56. The molecule has 0 N–H and O–H groups in total. The van der Waals surface area contributed by atoms with Crippen LogP contribution in [-0.4, -0.2) is 20.0 Å². The molecule has 1 aromatic carbocycles. The number of fused-ring (bicyclic) bond motifs is 5. The van der Waals surface area contributed by atoms with E-state index in [2.05, 4.69) is 15.9 Å². The van der Waals surface area contributed by atoms with Crippen LogP contribution in [0.2, 0.25) is 0 Å². The van der Waals surface area contributed by atoms with Crippen LogP contribution in [0.25, 0.3) is 0 Å². The van der Waals surface area contributed by atoms with E-state index < -0.39 is 0 Å². The molecule has 2 bridgehead atoms. The lowest BCUT2D eigenvalue weighted by Gasteiger charge is -2.13. The lowest BCUT2D eigenvalue weighted by Crippen LogP contribution is -2.11.